The molecule has 0 saturated carbocycles. The van der Waals surface area contributed by atoms with Crippen molar-refractivity contribution >= 4 is 16.9 Å². The first kappa shape index (κ1) is 18.4. The van der Waals surface area contributed by atoms with Crippen LogP contribution in [-0.4, -0.2) is 53.8 Å². The minimum atomic E-state index is -0.425. The van der Waals surface area contributed by atoms with Crippen LogP contribution in [0, 0.1) is 0 Å². The number of nitrogens with zero attached hydrogens (tertiary/aromatic N) is 2. The molecule has 8 nitrogen and oxygen atoms in total. The number of Topliss-reactive ketones (excluding diaryl/α,β-unsaturated/α-hetero) is 1. The molecule has 8 heteroatoms. The van der Waals surface area contributed by atoms with E-state index >= 15 is 0 Å². The third kappa shape index (κ3) is 3.22. The van der Waals surface area contributed by atoms with Gasteiger partial charge in [-0.2, -0.15) is 0 Å². The van der Waals surface area contributed by atoms with Crippen molar-refractivity contribution in [2.45, 2.75) is 0 Å². The summed E-state index contributed by atoms with van der Waals surface area (Å²) in [5.74, 6) is 1.04. The van der Waals surface area contributed by atoms with E-state index in [1.807, 2.05) is 0 Å². The van der Waals surface area contributed by atoms with E-state index < -0.39 is 6.61 Å². The Balaban J connectivity index is 2.15. The van der Waals surface area contributed by atoms with Gasteiger partial charge < -0.3 is 24.3 Å². The van der Waals surface area contributed by atoms with Gasteiger partial charge in [-0.05, 0) is 12.1 Å². The van der Waals surface area contributed by atoms with Crippen LogP contribution >= 0.6 is 0 Å². The minimum absolute atomic E-state index is 0.0795. The topological polar surface area (TPSA) is 107 Å². The molecule has 2 aromatic heterocycles. The fourth-order valence-corrected chi connectivity index (χ4v) is 2.69. The Morgan fingerprint density at radius 1 is 1.19 bits per heavy atom. The number of hydrogen-bond acceptors (Lipinski definition) is 7. The van der Waals surface area contributed by atoms with Crippen molar-refractivity contribution in [3.8, 4) is 28.5 Å². The number of methoxy groups -OCH3 is 3. The minimum Gasteiger partial charge on any atom is -0.493 e. The molecule has 0 bridgehead atoms. The van der Waals surface area contributed by atoms with Crippen LogP contribution in [0.4, 0.5) is 0 Å². The summed E-state index contributed by atoms with van der Waals surface area (Å²) >= 11 is 0. The van der Waals surface area contributed by atoms with Gasteiger partial charge in [-0.3, -0.25) is 4.79 Å². The van der Waals surface area contributed by atoms with Gasteiger partial charge in [-0.1, -0.05) is 6.58 Å². The molecule has 0 amide bonds. The van der Waals surface area contributed by atoms with Crippen molar-refractivity contribution in [1.82, 2.24) is 15.0 Å². The second-order valence-corrected chi connectivity index (χ2v) is 5.66. The third-order valence-corrected chi connectivity index (χ3v) is 4.10. The summed E-state index contributed by atoms with van der Waals surface area (Å²) in [7, 11) is 4.58. The molecule has 2 heterocycles. The summed E-state index contributed by atoms with van der Waals surface area (Å²) in [6.45, 7) is 3.15. The second-order valence-electron chi connectivity index (χ2n) is 5.66. The lowest BCUT2D eigenvalue weighted by molar-refractivity contribution is 0.102. The summed E-state index contributed by atoms with van der Waals surface area (Å²) in [5, 5.41) is 9.17. The smallest absolute Gasteiger partial charge is 0.203 e. The molecule has 0 saturated heterocycles. The van der Waals surface area contributed by atoms with Crippen molar-refractivity contribution < 1.29 is 24.1 Å². The number of aliphatic hydroxyl groups excluding tert-OH is 1. The molecule has 0 spiro atoms. The summed E-state index contributed by atoms with van der Waals surface area (Å²) in [4.78, 5) is 24.2. The van der Waals surface area contributed by atoms with Crippen LogP contribution in [0.15, 0.2) is 36.7 Å². The van der Waals surface area contributed by atoms with Crippen molar-refractivity contribution in [2.24, 2.45) is 0 Å². The zero-order valence-electron chi connectivity index (χ0n) is 15.2. The van der Waals surface area contributed by atoms with E-state index in [2.05, 4.69) is 21.5 Å². The third-order valence-electron chi connectivity index (χ3n) is 4.10. The quantitative estimate of drug-likeness (QED) is 0.486. The SMILES string of the molecule is C=C(CO)C(=O)c1c[nH]c2ncc(-c3cc(OC)c(OC)c(OC)c3)nc12. The number of benzene rings is 1. The maximum absolute atomic E-state index is 12.4. The van der Waals surface area contributed by atoms with Crippen molar-refractivity contribution in [3.05, 3.63) is 42.2 Å². The van der Waals surface area contributed by atoms with Crippen molar-refractivity contribution in [3.63, 3.8) is 0 Å². The predicted molar refractivity (Wildman–Crippen MR) is 99.5 cm³/mol. The van der Waals surface area contributed by atoms with Crippen molar-refractivity contribution in [1.29, 1.82) is 0 Å². The number of carbonyl (C=O) groups is 1. The van der Waals surface area contributed by atoms with Gasteiger partial charge in [0, 0.05) is 17.3 Å². The Bertz CT molecular complexity index is 1000. The van der Waals surface area contributed by atoms with Gasteiger partial charge in [0.1, 0.15) is 5.52 Å². The summed E-state index contributed by atoms with van der Waals surface area (Å²) in [6, 6.07) is 3.50. The Morgan fingerprint density at radius 2 is 1.85 bits per heavy atom. The average Bonchev–Trinajstić information content (AvgIpc) is 3.14. The number of rotatable bonds is 7. The van der Waals surface area contributed by atoms with Gasteiger partial charge in [-0.15, -0.1) is 0 Å². The van der Waals surface area contributed by atoms with Gasteiger partial charge in [0.15, 0.2) is 22.9 Å². The van der Waals surface area contributed by atoms with Crippen LogP contribution in [0.2, 0.25) is 0 Å². The van der Waals surface area contributed by atoms with Crippen LogP contribution in [-0.2, 0) is 0 Å². The number of aromatic amines is 1. The van der Waals surface area contributed by atoms with E-state index in [4.69, 9.17) is 19.3 Å². The van der Waals surface area contributed by atoms with Crippen LogP contribution < -0.4 is 14.2 Å². The molecule has 0 fully saturated rings. The number of nitrogens with one attached hydrogen (secondary N) is 1. The number of carbonyl (C=O) groups excluding carboxylic acids is 1. The molecule has 0 unspecified atom stereocenters. The second kappa shape index (κ2) is 7.46. The first-order valence-electron chi connectivity index (χ1n) is 8.01. The van der Waals surface area contributed by atoms with Gasteiger partial charge in [0.25, 0.3) is 0 Å². The molecular formula is C19H19N3O5. The predicted octanol–water partition coefficient (Wildman–Crippen LogP) is 2.38. The summed E-state index contributed by atoms with van der Waals surface area (Å²) in [6.07, 6.45) is 3.08. The van der Waals surface area contributed by atoms with Crippen molar-refractivity contribution in [2.75, 3.05) is 27.9 Å². The molecule has 0 radical (unpaired) electrons. The molecule has 0 aliphatic rings. The summed E-state index contributed by atoms with van der Waals surface area (Å²) < 4.78 is 16.1. The highest BCUT2D eigenvalue weighted by Crippen LogP contribution is 2.40. The molecule has 0 atom stereocenters. The molecule has 3 rings (SSSR count). The maximum Gasteiger partial charge on any atom is 0.203 e. The number of aromatic nitrogens is 3. The Morgan fingerprint density at radius 3 is 2.41 bits per heavy atom. The largest absolute Gasteiger partial charge is 0.493 e. The lowest BCUT2D eigenvalue weighted by atomic mass is 10.1. The molecule has 0 aliphatic carbocycles. The molecule has 1 aromatic carbocycles. The zero-order chi connectivity index (χ0) is 19.6. The zero-order valence-corrected chi connectivity index (χ0v) is 15.2. The Labute approximate surface area is 155 Å². The van der Waals surface area contributed by atoms with Crippen LogP contribution in [0.5, 0.6) is 17.2 Å². The normalized spacial score (nSPS) is 10.7. The van der Waals surface area contributed by atoms with E-state index in [9.17, 15) is 4.79 Å². The summed E-state index contributed by atoms with van der Waals surface area (Å²) in [5.41, 5.74) is 2.42. The van der Waals surface area contributed by atoms with Crippen LogP contribution in [0.25, 0.3) is 22.4 Å². The maximum atomic E-state index is 12.4. The number of ketones is 1. The van der Waals surface area contributed by atoms with E-state index in [-0.39, 0.29) is 11.4 Å². The Hall–Kier alpha value is -3.39. The van der Waals surface area contributed by atoms with Gasteiger partial charge in [-0.25, -0.2) is 9.97 Å². The van der Waals surface area contributed by atoms with Crippen LogP contribution in [0.1, 0.15) is 10.4 Å². The average molecular weight is 369 g/mol. The highest BCUT2D eigenvalue weighted by Gasteiger charge is 2.19. The first-order valence-corrected chi connectivity index (χ1v) is 8.01. The van der Waals surface area contributed by atoms with Crippen LogP contribution in [0.3, 0.4) is 0 Å². The lowest BCUT2D eigenvalue weighted by Crippen LogP contribution is -2.05. The molecule has 3 aromatic rings. The van der Waals surface area contributed by atoms with E-state index in [1.54, 1.807) is 18.3 Å². The number of ether oxygens (including phenoxy) is 3. The van der Waals surface area contributed by atoms with Gasteiger partial charge in [0.05, 0.1) is 45.4 Å². The number of H-pyrrole nitrogens is 1. The standard InChI is InChI=1S/C19H19N3O5/c1-10(9-23)17(24)12-7-20-19-16(12)22-13(8-21-19)11-5-14(25-2)18(27-4)15(6-11)26-3/h5-8,23H,1,9H2,2-4H3,(H,20,21). The van der Waals surface area contributed by atoms with Gasteiger partial charge >= 0.3 is 0 Å². The van der Waals surface area contributed by atoms with Gasteiger partial charge in [0.2, 0.25) is 5.75 Å². The molecule has 0 aliphatic heterocycles. The molecular weight excluding hydrogens is 350 g/mol. The number of hydrogen-bond donors (Lipinski definition) is 2. The van der Waals surface area contributed by atoms with E-state index in [0.29, 0.717) is 45.2 Å². The number of aliphatic hydroxyl groups is 1. The fraction of sp³-hybridized carbons (Fsp3) is 0.211. The number of fused-ring (bicyclic) bond motifs is 1. The van der Waals surface area contributed by atoms with E-state index in [0.717, 1.165) is 0 Å². The highest BCUT2D eigenvalue weighted by molar-refractivity contribution is 6.14. The fourth-order valence-electron chi connectivity index (χ4n) is 2.69. The lowest BCUT2D eigenvalue weighted by Gasteiger charge is -2.13. The molecule has 2 N–H and O–H groups in total. The molecule has 140 valence electrons. The van der Waals surface area contributed by atoms with E-state index in [1.165, 1.54) is 27.5 Å². The highest BCUT2D eigenvalue weighted by atomic mass is 16.5. The monoisotopic (exact) mass is 369 g/mol. The molecule has 27 heavy (non-hydrogen) atoms. The Kier molecular flexibility index (Phi) is 5.09. The first-order chi connectivity index (χ1) is 13.0.